The first-order valence-corrected chi connectivity index (χ1v) is 3.20. The van der Waals surface area contributed by atoms with Gasteiger partial charge in [0.15, 0.2) is 0 Å². The Bertz CT molecular complexity index is 57.0. The molecule has 3 heteroatoms. The molecule has 0 saturated carbocycles. The number of nitrogens with zero attached hydrogens (tertiary/aromatic N) is 1. The zero-order valence-corrected chi connectivity index (χ0v) is 6.48. The van der Waals surface area contributed by atoms with Crippen molar-refractivity contribution in [2.75, 3.05) is 34.3 Å². The van der Waals surface area contributed by atoms with E-state index in [0.717, 1.165) is 19.6 Å². The molecule has 3 nitrogen and oxygen atoms in total. The molecule has 0 heterocycles. The van der Waals surface area contributed by atoms with Crippen molar-refractivity contribution in [3.8, 4) is 0 Å². The van der Waals surface area contributed by atoms with Gasteiger partial charge < -0.3 is 9.74 Å². The first-order valence-electron chi connectivity index (χ1n) is 3.20. The molecule has 0 fully saturated rings. The third-order valence-corrected chi connectivity index (χ3v) is 0.996. The van der Waals surface area contributed by atoms with Crippen molar-refractivity contribution >= 4 is 0 Å². The summed E-state index contributed by atoms with van der Waals surface area (Å²) < 4.78 is 0. The van der Waals surface area contributed by atoms with Crippen LogP contribution < -0.4 is 5.48 Å². The topological polar surface area (TPSA) is 24.5 Å². The second-order valence-corrected chi connectivity index (χ2v) is 2.21. The Kier molecular flexibility index (Phi) is 5.93. The second-order valence-electron chi connectivity index (χ2n) is 2.21. The normalized spacial score (nSPS) is 10.7. The van der Waals surface area contributed by atoms with Crippen LogP contribution in [0.1, 0.15) is 6.42 Å². The van der Waals surface area contributed by atoms with Crippen LogP contribution in [0.25, 0.3) is 0 Å². The molecule has 0 aromatic rings. The first kappa shape index (κ1) is 8.88. The lowest BCUT2D eigenvalue weighted by molar-refractivity contribution is 0.0530. The molecule has 9 heavy (non-hydrogen) atoms. The Labute approximate surface area is 56.9 Å². The third-order valence-electron chi connectivity index (χ3n) is 0.996. The summed E-state index contributed by atoms with van der Waals surface area (Å²) in [5, 5.41) is 0. The highest BCUT2D eigenvalue weighted by molar-refractivity contribution is 4.40. The summed E-state index contributed by atoms with van der Waals surface area (Å²) in [4.78, 5) is 7.05. The van der Waals surface area contributed by atoms with E-state index in [2.05, 4.69) is 24.5 Å². The molecule has 0 aliphatic rings. The lowest BCUT2D eigenvalue weighted by Crippen LogP contribution is -2.17. The third kappa shape index (κ3) is 7.88. The number of hydrogen-bond acceptors (Lipinski definition) is 3. The average molecular weight is 132 g/mol. The quantitative estimate of drug-likeness (QED) is 0.424. The van der Waals surface area contributed by atoms with Crippen LogP contribution in [-0.2, 0) is 4.84 Å². The standard InChI is InChI=1S/C6H16N2O/c1-7-9-6-4-5-8(2)3/h7H,4-6H2,1-3H3. The summed E-state index contributed by atoms with van der Waals surface area (Å²) in [7, 11) is 5.88. The maximum Gasteiger partial charge on any atom is 0.0694 e. The maximum absolute atomic E-state index is 4.91. The molecule has 0 aliphatic heterocycles. The van der Waals surface area contributed by atoms with Crippen molar-refractivity contribution in [2.24, 2.45) is 0 Å². The zero-order valence-electron chi connectivity index (χ0n) is 6.48. The molecule has 0 aromatic heterocycles. The van der Waals surface area contributed by atoms with Gasteiger partial charge in [-0.1, -0.05) is 0 Å². The molecule has 0 radical (unpaired) electrons. The van der Waals surface area contributed by atoms with Gasteiger partial charge in [-0.25, -0.2) is 5.48 Å². The summed E-state index contributed by atoms with van der Waals surface area (Å²) in [6.07, 6.45) is 1.08. The molecule has 1 N–H and O–H groups in total. The van der Waals surface area contributed by atoms with E-state index in [1.54, 1.807) is 7.05 Å². The van der Waals surface area contributed by atoms with Crippen LogP contribution in [0.3, 0.4) is 0 Å². The van der Waals surface area contributed by atoms with Crippen molar-refractivity contribution < 1.29 is 4.84 Å². The molecule has 0 atom stereocenters. The minimum absolute atomic E-state index is 0.786. The summed E-state index contributed by atoms with van der Waals surface area (Å²) in [6, 6.07) is 0. The number of nitrogens with one attached hydrogen (secondary N) is 1. The van der Waals surface area contributed by atoms with Crippen LogP contribution in [0.15, 0.2) is 0 Å². The average Bonchev–Trinajstić information content (AvgIpc) is 1.80. The van der Waals surface area contributed by atoms with Gasteiger partial charge in [0, 0.05) is 7.05 Å². The largest absolute Gasteiger partial charge is 0.309 e. The van der Waals surface area contributed by atoms with Crippen LogP contribution >= 0.6 is 0 Å². The highest BCUT2D eigenvalue weighted by Crippen LogP contribution is 1.81. The second kappa shape index (κ2) is 6.01. The van der Waals surface area contributed by atoms with Gasteiger partial charge in [-0.15, -0.1) is 0 Å². The SMILES string of the molecule is CNOCCCN(C)C. The molecule has 0 bridgehead atoms. The fraction of sp³-hybridized carbons (Fsp3) is 1.00. The summed E-state index contributed by atoms with van der Waals surface area (Å²) >= 11 is 0. The van der Waals surface area contributed by atoms with Gasteiger partial charge in [0.1, 0.15) is 0 Å². The van der Waals surface area contributed by atoms with Crippen LogP contribution in [0.2, 0.25) is 0 Å². The molecular weight excluding hydrogens is 116 g/mol. The highest BCUT2D eigenvalue weighted by Gasteiger charge is 1.88. The van der Waals surface area contributed by atoms with E-state index in [-0.39, 0.29) is 0 Å². The molecule has 0 spiro atoms. The number of rotatable bonds is 5. The Morgan fingerprint density at radius 3 is 2.56 bits per heavy atom. The van der Waals surface area contributed by atoms with E-state index in [1.165, 1.54) is 0 Å². The van der Waals surface area contributed by atoms with E-state index >= 15 is 0 Å². The van der Waals surface area contributed by atoms with Crippen LogP contribution in [-0.4, -0.2) is 39.2 Å². The van der Waals surface area contributed by atoms with Crippen molar-refractivity contribution in [2.45, 2.75) is 6.42 Å². The smallest absolute Gasteiger partial charge is 0.0694 e. The van der Waals surface area contributed by atoms with Gasteiger partial charge >= 0.3 is 0 Å². The molecule has 0 aliphatic carbocycles. The molecular formula is C6H16N2O. The van der Waals surface area contributed by atoms with Gasteiger partial charge in [0.25, 0.3) is 0 Å². The molecule has 0 aromatic carbocycles. The Balaban J connectivity index is 2.75. The lowest BCUT2D eigenvalue weighted by Gasteiger charge is -2.07. The van der Waals surface area contributed by atoms with Crippen molar-refractivity contribution in [3.05, 3.63) is 0 Å². The Morgan fingerprint density at radius 2 is 2.11 bits per heavy atom. The molecule has 0 amide bonds. The van der Waals surface area contributed by atoms with Crippen molar-refractivity contribution in [1.82, 2.24) is 10.4 Å². The monoisotopic (exact) mass is 132 g/mol. The Morgan fingerprint density at radius 1 is 1.44 bits per heavy atom. The lowest BCUT2D eigenvalue weighted by atomic mass is 10.4. The summed E-state index contributed by atoms with van der Waals surface area (Å²) in [5.74, 6) is 0. The van der Waals surface area contributed by atoms with E-state index in [0.29, 0.717) is 0 Å². The minimum atomic E-state index is 0.786. The van der Waals surface area contributed by atoms with Gasteiger partial charge in [-0.3, -0.25) is 0 Å². The van der Waals surface area contributed by atoms with Crippen LogP contribution in [0, 0.1) is 0 Å². The molecule has 0 rings (SSSR count). The van der Waals surface area contributed by atoms with Gasteiger partial charge in [0.2, 0.25) is 0 Å². The van der Waals surface area contributed by atoms with Gasteiger partial charge in [-0.2, -0.15) is 0 Å². The summed E-state index contributed by atoms with van der Waals surface area (Å²) in [6.45, 7) is 1.87. The molecule has 0 saturated heterocycles. The van der Waals surface area contributed by atoms with Crippen molar-refractivity contribution in [1.29, 1.82) is 0 Å². The number of hydrogen-bond donors (Lipinski definition) is 1. The van der Waals surface area contributed by atoms with E-state index < -0.39 is 0 Å². The number of hydroxylamine groups is 1. The van der Waals surface area contributed by atoms with Gasteiger partial charge in [0.05, 0.1) is 6.61 Å². The predicted molar refractivity (Wildman–Crippen MR) is 38.2 cm³/mol. The van der Waals surface area contributed by atoms with E-state index in [1.807, 2.05) is 0 Å². The fourth-order valence-electron chi connectivity index (χ4n) is 0.555. The van der Waals surface area contributed by atoms with Gasteiger partial charge in [-0.05, 0) is 27.1 Å². The van der Waals surface area contributed by atoms with E-state index in [9.17, 15) is 0 Å². The molecule has 56 valence electrons. The minimum Gasteiger partial charge on any atom is -0.309 e. The van der Waals surface area contributed by atoms with E-state index in [4.69, 9.17) is 4.84 Å². The summed E-state index contributed by atoms with van der Waals surface area (Å²) in [5.41, 5.74) is 2.62. The highest BCUT2D eigenvalue weighted by atomic mass is 16.6. The molecule has 0 unspecified atom stereocenters. The fourth-order valence-corrected chi connectivity index (χ4v) is 0.555. The first-order chi connectivity index (χ1) is 4.27. The van der Waals surface area contributed by atoms with Crippen LogP contribution in [0.4, 0.5) is 0 Å². The maximum atomic E-state index is 4.91. The predicted octanol–water partition coefficient (Wildman–Crippen LogP) is 0.0891. The zero-order chi connectivity index (χ0) is 7.11. The Hall–Kier alpha value is -0.120. The van der Waals surface area contributed by atoms with Crippen molar-refractivity contribution in [3.63, 3.8) is 0 Å². The van der Waals surface area contributed by atoms with Crippen LogP contribution in [0.5, 0.6) is 0 Å².